The first-order valence-corrected chi connectivity index (χ1v) is 18.2. The molecule has 0 fully saturated rings. The number of carbonyl (C=O) groups is 1. The second kappa shape index (κ2) is 36.5. The highest BCUT2D eigenvalue weighted by Crippen LogP contribution is 2.13. The first-order chi connectivity index (χ1) is 21.2. The van der Waals surface area contributed by atoms with Crippen LogP contribution in [0.4, 0.5) is 0 Å². The third-order valence-corrected chi connectivity index (χ3v) is 7.66. The Labute approximate surface area is 267 Å². The average molecular weight is 603 g/mol. The Balaban J connectivity index is 3.56. The van der Waals surface area contributed by atoms with Gasteiger partial charge in [0.05, 0.1) is 13.2 Å². The van der Waals surface area contributed by atoms with E-state index >= 15 is 0 Å². The van der Waals surface area contributed by atoms with Gasteiger partial charge in [-0.25, -0.2) is 0 Å². The Morgan fingerprint density at radius 2 is 0.977 bits per heavy atom. The topological polar surface area (TPSA) is 55.8 Å². The third-order valence-electron chi connectivity index (χ3n) is 7.66. The molecule has 0 radical (unpaired) electrons. The molecule has 0 amide bonds. The number of ether oxygens (including phenoxy) is 2. The zero-order chi connectivity index (χ0) is 31.3. The highest BCUT2D eigenvalue weighted by molar-refractivity contribution is 5.69. The van der Waals surface area contributed by atoms with Crippen LogP contribution in [0.5, 0.6) is 0 Å². The van der Waals surface area contributed by atoms with Crippen molar-refractivity contribution in [2.45, 2.75) is 174 Å². The van der Waals surface area contributed by atoms with E-state index < -0.39 is 6.10 Å². The summed E-state index contributed by atoms with van der Waals surface area (Å²) in [5.74, 6) is -0.255. The fourth-order valence-corrected chi connectivity index (χ4v) is 4.91. The standard InChI is InChI=1S/C39H70O4/c1-3-5-7-9-11-13-15-17-19-20-21-22-24-26-28-30-32-34-39(41)43-38(36-40)37-42-35-33-31-29-27-25-23-18-16-14-12-10-8-6-4-2/h11,13,17,19,21-22,26,28,38,40H,3-10,12,14-16,18,20,23-25,27,29-37H2,1-2H3/b13-11-,19-17-,22-21-,28-26-/t38-/m0/s1. The zero-order valence-corrected chi connectivity index (χ0v) is 28.5. The van der Waals surface area contributed by atoms with E-state index in [0.29, 0.717) is 13.0 Å². The van der Waals surface area contributed by atoms with E-state index in [9.17, 15) is 9.90 Å². The Hall–Kier alpha value is -1.65. The van der Waals surface area contributed by atoms with Crippen molar-refractivity contribution in [3.8, 4) is 0 Å². The lowest BCUT2D eigenvalue weighted by Crippen LogP contribution is -2.27. The zero-order valence-electron chi connectivity index (χ0n) is 28.5. The van der Waals surface area contributed by atoms with E-state index in [-0.39, 0.29) is 19.2 Å². The van der Waals surface area contributed by atoms with Crippen molar-refractivity contribution in [2.75, 3.05) is 19.8 Å². The summed E-state index contributed by atoms with van der Waals surface area (Å²) in [6.45, 7) is 5.26. The molecular weight excluding hydrogens is 532 g/mol. The molecule has 0 aliphatic heterocycles. The molecule has 0 spiro atoms. The molecule has 0 aliphatic carbocycles. The molecule has 4 nitrogen and oxygen atoms in total. The predicted octanol–water partition coefficient (Wildman–Crippen LogP) is 11.5. The second-order valence-corrected chi connectivity index (χ2v) is 11.9. The van der Waals surface area contributed by atoms with Crippen molar-refractivity contribution in [1.29, 1.82) is 0 Å². The Morgan fingerprint density at radius 3 is 1.47 bits per heavy atom. The number of unbranched alkanes of at least 4 members (excludes halogenated alkanes) is 17. The molecule has 43 heavy (non-hydrogen) atoms. The molecule has 0 saturated heterocycles. The van der Waals surface area contributed by atoms with Gasteiger partial charge in [-0.05, 0) is 51.4 Å². The number of aliphatic hydroxyl groups is 1. The van der Waals surface area contributed by atoms with Crippen LogP contribution in [0.2, 0.25) is 0 Å². The Bertz CT molecular complexity index is 679. The van der Waals surface area contributed by atoms with E-state index in [2.05, 4.69) is 62.5 Å². The first-order valence-electron chi connectivity index (χ1n) is 18.2. The van der Waals surface area contributed by atoms with Gasteiger partial charge in [0.2, 0.25) is 0 Å². The smallest absolute Gasteiger partial charge is 0.306 e. The van der Waals surface area contributed by atoms with Crippen LogP contribution in [0, 0.1) is 0 Å². The number of esters is 1. The fraction of sp³-hybridized carbons (Fsp3) is 0.769. The van der Waals surface area contributed by atoms with E-state index in [1.165, 1.54) is 109 Å². The van der Waals surface area contributed by atoms with Crippen molar-refractivity contribution in [2.24, 2.45) is 0 Å². The number of carbonyl (C=O) groups excluding carboxylic acids is 1. The summed E-state index contributed by atoms with van der Waals surface area (Å²) in [4.78, 5) is 12.1. The summed E-state index contributed by atoms with van der Waals surface area (Å²) in [5.41, 5.74) is 0. The summed E-state index contributed by atoms with van der Waals surface area (Å²) in [7, 11) is 0. The highest BCUT2D eigenvalue weighted by atomic mass is 16.6. The lowest BCUT2D eigenvalue weighted by molar-refractivity contribution is -0.154. The molecule has 0 bridgehead atoms. The number of rotatable bonds is 33. The van der Waals surface area contributed by atoms with Gasteiger partial charge in [-0.15, -0.1) is 0 Å². The molecule has 0 unspecified atom stereocenters. The predicted molar refractivity (Wildman–Crippen MR) is 187 cm³/mol. The summed E-state index contributed by atoms with van der Waals surface area (Å²) in [5, 5.41) is 9.54. The third kappa shape index (κ3) is 34.7. The molecule has 0 heterocycles. The molecule has 0 rings (SSSR count). The van der Waals surface area contributed by atoms with Gasteiger partial charge in [0.25, 0.3) is 0 Å². The van der Waals surface area contributed by atoms with Crippen LogP contribution in [0.1, 0.15) is 168 Å². The van der Waals surface area contributed by atoms with E-state index in [0.717, 1.165) is 38.5 Å². The van der Waals surface area contributed by atoms with Crippen LogP contribution < -0.4 is 0 Å². The number of hydrogen-bond donors (Lipinski definition) is 1. The minimum Gasteiger partial charge on any atom is -0.457 e. The molecular formula is C39H70O4. The van der Waals surface area contributed by atoms with Gasteiger partial charge in [-0.3, -0.25) is 4.79 Å². The normalized spacial score (nSPS) is 12.9. The number of hydrogen-bond acceptors (Lipinski definition) is 4. The van der Waals surface area contributed by atoms with Crippen LogP contribution in [-0.2, 0) is 14.3 Å². The van der Waals surface area contributed by atoms with Gasteiger partial charge in [-0.2, -0.15) is 0 Å². The highest BCUT2D eigenvalue weighted by Gasteiger charge is 2.13. The Morgan fingerprint density at radius 1 is 0.558 bits per heavy atom. The largest absolute Gasteiger partial charge is 0.457 e. The van der Waals surface area contributed by atoms with Crippen LogP contribution in [-0.4, -0.2) is 37.0 Å². The molecule has 1 atom stereocenters. The molecule has 0 aromatic rings. The van der Waals surface area contributed by atoms with Crippen LogP contribution in [0.15, 0.2) is 48.6 Å². The van der Waals surface area contributed by atoms with Crippen LogP contribution in [0.3, 0.4) is 0 Å². The van der Waals surface area contributed by atoms with Crippen LogP contribution >= 0.6 is 0 Å². The van der Waals surface area contributed by atoms with Crippen molar-refractivity contribution >= 4 is 5.97 Å². The van der Waals surface area contributed by atoms with Gasteiger partial charge < -0.3 is 14.6 Å². The molecule has 0 aromatic carbocycles. The fourth-order valence-electron chi connectivity index (χ4n) is 4.91. The Kier molecular flexibility index (Phi) is 35.1. The molecule has 0 saturated carbocycles. The quantitative estimate of drug-likeness (QED) is 0.0461. The van der Waals surface area contributed by atoms with Gasteiger partial charge in [0.15, 0.2) is 0 Å². The lowest BCUT2D eigenvalue weighted by atomic mass is 10.0. The maximum atomic E-state index is 12.1. The van der Waals surface area contributed by atoms with Gasteiger partial charge in [-0.1, -0.05) is 159 Å². The number of allylic oxidation sites excluding steroid dienone is 8. The van der Waals surface area contributed by atoms with Crippen molar-refractivity contribution in [3.63, 3.8) is 0 Å². The molecule has 4 heteroatoms. The van der Waals surface area contributed by atoms with Crippen molar-refractivity contribution in [1.82, 2.24) is 0 Å². The number of aliphatic hydroxyl groups excluding tert-OH is 1. The minimum atomic E-state index is -0.560. The maximum Gasteiger partial charge on any atom is 0.306 e. The molecule has 250 valence electrons. The average Bonchev–Trinajstić information content (AvgIpc) is 3.01. The monoisotopic (exact) mass is 603 g/mol. The van der Waals surface area contributed by atoms with E-state index in [1.54, 1.807) is 0 Å². The van der Waals surface area contributed by atoms with Gasteiger partial charge in [0, 0.05) is 13.0 Å². The summed E-state index contributed by atoms with van der Waals surface area (Å²) >= 11 is 0. The molecule has 1 N–H and O–H groups in total. The first kappa shape index (κ1) is 41.4. The second-order valence-electron chi connectivity index (χ2n) is 11.9. The maximum absolute atomic E-state index is 12.1. The molecule has 0 aromatic heterocycles. The summed E-state index contributed by atoms with van der Waals surface area (Å²) in [6, 6.07) is 0. The summed E-state index contributed by atoms with van der Waals surface area (Å²) in [6.07, 6.45) is 45.8. The van der Waals surface area contributed by atoms with Crippen molar-refractivity contribution < 1.29 is 19.4 Å². The van der Waals surface area contributed by atoms with Crippen molar-refractivity contribution in [3.05, 3.63) is 48.6 Å². The molecule has 0 aliphatic rings. The van der Waals surface area contributed by atoms with E-state index in [4.69, 9.17) is 9.47 Å². The SMILES string of the molecule is CCCCC/C=C\C/C=C\C/C=C\C/C=C\CCCC(=O)O[C@@H](CO)COCCCCCCCCCCCCCCCC. The summed E-state index contributed by atoms with van der Waals surface area (Å²) < 4.78 is 11.1. The van der Waals surface area contributed by atoms with E-state index in [1.807, 2.05) is 0 Å². The van der Waals surface area contributed by atoms with Crippen LogP contribution in [0.25, 0.3) is 0 Å². The minimum absolute atomic E-state index is 0.193. The van der Waals surface area contributed by atoms with Gasteiger partial charge >= 0.3 is 5.97 Å². The lowest BCUT2D eigenvalue weighted by Gasteiger charge is -2.15. The van der Waals surface area contributed by atoms with Gasteiger partial charge in [0.1, 0.15) is 6.10 Å².